The monoisotopic (exact) mass is 489 g/mol. The van der Waals surface area contributed by atoms with Crippen molar-refractivity contribution in [3.8, 4) is 5.75 Å². The molecule has 1 fully saturated rings. The number of carbonyl (C=O) groups is 1. The minimum absolute atomic E-state index is 0.0794. The fourth-order valence-electron chi connectivity index (χ4n) is 4.10. The van der Waals surface area contributed by atoms with Crippen molar-refractivity contribution in [3.63, 3.8) is 0 Å². The minimum atomic E-state index is -3.71. The SMILES string of the molecule is CCCn1c(=O)sc2cc(S(=O)(=O)N3CCC(C(=O)Nc4cccc(OC)c4)CC3)ccc21. The number of nitrogens with one attached hydrogen (secondary N) is 1. The van der Waals surface area contributed by atoms with Gasteiger partial charge in [0.25, 0.3) is 0 Å². The molecule has 1 amide bonds. The van der Waals surface area contributed by atoms with Crippen LogP contribution in [-0.4, -0.2) is 43.4 Å². The maximum atomic E-state index is 13.2. The van der Waals surface area contributed by atoms with Crippen LogP contribution >= 0.6 is 11.3 Å². The Balaban J connectivity index is 1.44. The number of benzene rings is 2. The molecule has 2 heterocycles. The second-order valence-electron chi connectivity index (χ2n) is 8.05. The molecule has 0 saturated carbocycles. The highest BCUT2D eigenvalue weighted by Gasteiger charge is 2.32. The number of methoxy groups -OCH3 is 1. The molecule has 2 aromatic carbocycles. The van der Waals surface area contributed by atoms with E-state index in [-0.39, 0.29) is 34.7 Å². The molecule has 1 aromatic heterocycles. The summed E-state index contributed by atoms with van der Waals surface area (Å²) in [4.78, 5) is 25.0. The van der Waals surface area contributed by atoms with E-state index in [1.807, 2.05) is 6.92 Å². The Bertz CT molecular complexity index is 1320. The molecular weight excluding hydrogens is 462 g/mol. The molecule has 1 aliphatic rings. The summed E-state index contributed by atoms with van der Waals surface area (Å²) < 4.78 is 35.4. The average molecular weight is 490 g/mol. The van der Waals surface area contributed by atoms with Crippen molar-refractivity contribution in [2.75, 3.05) is 25.5 Å². The van der Waals surface area contributed by atoms with Gasteiger partial charge in [0.2, 0.25) is 15.9 Å². The van der Waals surface area contributed by atoms with Crippen molar-refractivity contribution >= 4 is 43.2 Å². The van der Waals surface area contributed by atoms with E-state index in [0.29, 0.717) is 35.5 Å². The molecule has 3 aromatic rings. The number of anilines is 1. The van der Waals surface area contributed by atoms with Gasteiger partial charge in [-0.2, -0.15) is 4.31 Å². The van der Waals surface area contributed by atoms with Crippen LogP contribution in [0.15, 0.2) is 52.2 Å². The first kappa shape index (κ1) is 23.5. The second-order valence-corrected chi connectivity index (χ2v) is 11.0. The summed E-state index contributed by atoms with van der Waals surface area (Å²) in [6, 6.07) is 12.0. The summed E-state index contributed by atoms with van der Waals surface area (Å²) in [5.74, 6) is 0.267. The van der Waals surface area contributed by atoms with Gasteiger partial charge in [0.1, 0.15) is 5.75 Å². The van der Waals surface area contributed by atoms with Gasteiger partial charge in [0.05, 0.1) is 22.2 Å². The number of sulfonamides is 1. The molecule has 1 aliphatic heterocycles. The molecule has 0 radical (unpaired) electrons. The van der Waals surface area contributed by atoms with Gasteiger partial charge < -0.3 is 10.1 Å². The average Bonchev–Trinajstić information content (AvgIpc) is 3.13. The molecule has 0 unspecified atom stereocenters. The summed E-state index contributed by atoms with van der Waals surface area (Å²) in [6.45, 7) is 3.14. The smallest absolute Gasteiger partial charge is 0.308 e. The molecule has 4 rings (SSSR count). The van der Waals surface area contributed by atoms with Gasteiger partial charge in [-0.15, -0.1) is 0 Å². The first-order chi connectivity index (χ1) is 15.8. The summed E-state index contributed by atoms with van der Waals surface area (Å²) in [5.41, 5.74) is 1.41. The standard InChI is InChI=1S/C23H27N3O5S2/c1-3-11-26-20-8-7-19(15-21(20)32-23(26)28)33(29,30)25-12-9-16(10-13-25)22(27)24-17-5-4-6-18(14-17)31-2/h4-8,14-16H,3,9-13H2,1-2H3,(H,24,27). The Morgan fingerprint density at radius 1 is 1.18 bits per heavy atom. The molecule has 0 spiro atoms. The zero-order valence-corrected chi connectivity index (χ0v) is 20.2. The lowest BCUT2D eigenvalue weighted by Gasteiger charge is -2.30. The Kier molecular flexibility index (Phi) is 6.87. The van der Waals surface area contributed by atoms with Crippen LogP contribution in [0.3, 0.4) is 0 Å². The molecule has 1 N–H and O–H groups in total. The van der Waals surface area contributed by atoms with Gasteiger partial charge in [-0.3, -0.25) is 14.2 Å². The molecule has 0 aliphatic carbocycles. The molecule has 0 atom stereocenters. The van der Waals surface area contributed by atoms with Crippen LogP contribution in [0.25, 0.3) is 10.2 Å². The molecular formula is C23H27N3O5S2. The van der Waals surface area contributed by atoms with Crippen LogP contribution in [0.2, 0.25) is 0 Å². The quantitative estimate of drug-likeness (QED) is 0.548. The lowest BCUT2D eigenvalue weighted by Crippen LogP contribution is -2.41. The van der Waals surface area contributed by atoms with Crippen molar-refractivity contribution < 1.29 is 17.9 Å². The predicted molar refractivity (Wildman–Crippen MR) is 129 cm³/mol. The third-order valence-electron chi connectivity index (χ3n) is 5.89. The van der Waals surface area contributed by atoms with Gasteiger partial charge >= 0.3 is 4.87 Å². The zero-order chi connectivity index (χ0) is 23.6. The number of carbonyl (C=O) groups excluding carboxylic acids is 1. The van der Waals surface area contributed by atoms with Crippen LogP contribution in [-0.2, 0) is 21.4 Å². The Hall–Kier alpha value is -2.69. The number of hydrogen-bond donors (Lipinski definition) is 1. The van der Waals surface area contributed by atoms with E-state index in [9.17, 15) is 18.0 Å². The number of fused-ring (bicyclic) bond motifs is 1. The number of ether oxygens (including phenoxy) is 1. The van der Waals surface area contributed by atoms with Gasteiger partial charge in [-0.1, -0.05) is 24.3 Å². The van der Waals surface area contributed by atoms with Crippen molar-refractivity contribution in [1.82, 2.24) is 8.87 Å². The molecule has 176 valence electrons. The molecule has 8 nitrogen and oxygen atoms in total. The normalized spacial score (nSPS) is 15.6. The van der Waals surface area contributed by atoms with Crippen LogP contribution < -0.4 is 14.9 Å². The molecule has 1 saturated heterocycles. The van der Waals surface area contributed by atoms with Crippen molar-refractivity contribution in [3.05, 3.63) is 52.1 Å². The van der Waals surface area contributed by atoms with Gasteiger partial charge in [-0.05, 0) is 49.6 Å². The number of hydrogen-bond acceptors (Lipinski definition) is 6. The van der Waals surface area contributed by atoms with E-state index in [1.165, 1.54) is 4.31 Å². The number of amides is 1. The van der Waals surface area contributed by atoms with Crippen molar-refractivity contribution in [2.24, 2.45) is 5.92 Å². The summed E-state index contributed by atoms with van der Waals surface area (Å²) >= 11 is 1.07. The largest absolute Gasteiger partial charge is 0.497 e. The molecule has 0 bridgehead atoms. The Morgan fingerprint density at radius 3 is 2.64 bits per heavy atom. The maximum absolute atomic E-state index is 13.2. The van der Waals surface area contributed by atoms with Gasteiger partial charge in [0.15, 0.2) is 0 Å². The summed E-state index contributed by atoms with van der Waals surface area (Å²) in [5, 5.41) is 2.89. The summed E-state index contributed by atoms with van der Waals surface area (Å²) in [7, 11) is -2.14. The summed E-state index contributed by atoms with van der Waals surface area (Å²) in [6.07, 6.45) is 1.71. The van der Waals surface area contributed by atoms with E-state index in [1.54, 1.807) is 54.1 Å². The zero-order valence-electron chi connectivity index (χ0n) is 18.6. The number of nitrogens with zero attached hydrogens (tertiary/aromatic N) is 2. The number of piperidine rings is 1. The number of rotatable bonds is 7. The van der Waals surface area contributed by atoms with Gasteiger partial charge in [0, 0.05) is 37.3 Å². The fourth-order valence-corrected chi connectivity index (χ4v) is 6.62. The highest BCUT2D eigenvalue weighted by molar-refractivity contribution is 7.89. The number of aryl methyl sites for hydroxylation is 1. The predicted octanol–water partition coefficient (Wildman–Crippen LogP) is 3.52. The number of thiazole rings is 1. The Labute approximate surface area is 196 Å². The number of aromatic nitrogens is 1. The molecule has 33 heavy (non-hydrogen) atoms. The van der Waals surface area contributed by atoms with Crippen LogP contribution in [0.4, 0.5) is 5.69 Å². The van der Waals surface area contributed by atoms with Crippen LogP contribution in [0.1, 0.15) is 26.2 Å². The van der Waals surface area contributed by atoms with Crippen molar-refractivity contribution in [2.45, 2.75) is 37.6 Å². The fraction of sp³-hybridized carbons (Fsp3) is 0.391. The second kappa shape index (κ2) is 9.66. The lowest BCUT2D eigenvalue weighted by atomic mass is 9.97. The molecule has 10 heteroatoms. The van der Waals surface area contributed by atoms with E-state index in [2.05, 4.69) is 5.32 Å². The van der Waals surface area contributed by atoms with E-state index >= 15 is 0 Å². The minimum Gasteiger partial charge on any atom is -0.497 e. The third-order valence-corrected chi connectivity index (χ3v) is 8.72. The Morgan fingerprint density at radius 2 is 1.94 bits per heavy atom. The van der Waals surface area contributed by atoms with E-state index in [4.69, 9.17) is 4.74 Å². The maximum Gasteiger partial charge on any atom is 0.308 e. The highest BCUT2D eigenvalue weighted by atomic mass is 32.2. The first-order valence-electron chi connectivity index (χ1n) is 10.9. The van der Waals surface area contributed by atoms with Gasteiger partial charge in [-0.25, -0.2) is 8.42 Å². The first-order valence-corrected chi connectivity index (χ1v) is 13.2. The lowest BCUT2D eigenvalue weighted by molar-refractivity contribution is -0.120. The van der Waals surface area contributed by atoms with Crippen LogP contribution in [0, 0.1) is 5.92 Å². The third kappa shape index (κ3) is 4.83. The van der Waals surface area contributed by atoms with Crippen molar-refractivity contribution in [1.29, 1.82) is 0 Å². The van der Waals surface area contributed by atoms with E-state index < -0.39 is 10.0 Å². The van der Waals surface area contributed by atoms with Crippen LogP contribution in [0.5, 0.6) is 5.75 Å². The highest BCUT2D eigenvalue weighted by Crippen LogP contribution is 2.28. The van der Waals surface area contributed by atoms with E-state index in [0.717, 1.165) is 23.3 Å². The topological polar surface area (TPSA) is 97.7 Å².